The van der Waals surface area contributed by atoms with Crippen molar-refractivity contribution in [3.8, 4) is 0 Å². The zero-order chi connectivity index (χ0) is 13.0. The highest BCUT2D eigenvalue weighted by atomic mass is 16.5. The van der Waals surface area contributed by atoms with Crippen LogP contribution >= 0.6 is 0 Å². The van der Waals surface area contributed by atoms with Gasteiger partial charge in [0.2, 0.25) is 0 Å². The summed E-state index contributed by atoms with van der Waals surface area (Å²) in [6, 6.07) is 8.74. The smallest absolute Gasteiger partial charge is 0.0981 e. The zero-order valence-electron chi connectivity index (χ0n) is 11.1. The fourth-order valence-corrected chi connectivity index (χ4v) is 2.39. The lowest BCUT2D eigenvalue weighted by molar-refractivity contribution is -0.0103. The highest BCUT2D eigenvalue weighted by Crippen LogP contribution is 2.25. The topological polar surface area (TPSA) is 44.7 Å². The summed E-state index contributed by atoms with van der Waals surface area (Å²) >= 11 is 0. The summed E-state index contributed by atoms with van der Waals surface area (Å²) in [5.74, 6) is 0. The minimum atomic E-state index is -0.0798. The van der Waals surface area contributed by atoms with Crippen molar-refractivity contribution in [1.29, 1.82) is 0 Å². The first-order valence-corrected chi connectivity index (χ1v) is 6.48. The number of morpholine rings is 1. The van der Waals surface area contributed by atoms with Crippen LogP contribution in [0.3, 0.4) is 0 Å². The van der Waals surface area contributed by atoms with Crippen molar-refractivity contribution < 1.29 is 9.84 Å². The van der Waals surface area contributed by atoms with E-state index in [1.165, 1.54) is 11.3 Å². The summed E-state index contributed by atoms with van der Waals surface area (Å²) in [4.78, 5) is 2.33. The van der Waals surface area contributed by atoms with Gasteiger partial charge in [-0.25, -0.2) is 0 Å². The normalized spacial score (nSPS) is 24.3. The molecule has 2 N–H and O–H groups in total. The Kier molecular flexibility index (Phi) is 4.58. The van der Waals surface area contributed by atoms with E-state index in [0.717, 1.165) is 13.1 Å². The van der Waals surface area contributed by atoms with Crippen LogP contribution in [-0.2, 0) is 11.3 Å². The number of hydrogen-bond acceptors (Lipinski definition) is 4. The average molecular weight is 250 g/mol. The van der Waals surface area contributed by atoms with Gasteiger partial charge in [-0.3, -0.25) is 0 Å². The molecule has 0 aromatic heterocycles. The molecule has 2 rings (SSSR count). The Balaban J connectivity index is 2.22. The number of nitrogens with zero attached hydrogens (tertiary/aromatic N) is 1. The largest absolute Gasteiger partial charge is 0.394 e. The van der Waals surface area contributed by atoms with E-state index in [1.807, 2.05) is 7.05 Å². The second kappa shape index (κ2) is 6.18. The molecule has 2 atom stereocenters. The van der Waals surface area contributed by atoms with Gasteiger partial charge in [0.1, 0.15) is 0 Å². The number of benzene rings is 1. The van der Waals surface area contributed by atoms with Crippen LogP contribution in [0.15, 0.2) is 24.3 Å². The molecule has 1 heterocycles. The third-order valence-electron chi connectivity index (χ3n) is 3.38. The number of anilines is 1. The van der Waals surface area contributed by atoms with Crippen molar-refractivity contribution >= 4 is 5.69 Å². The molecule has 4 heteroatoms. The predicted octanol–water partition coefficient (Wildman–Crippen LogP) is 0.992. The minimum absolute atomic E-state index is 0.0798. The summed E-state index contributed by atoms with van der Waals surface area (Å²) in [5.41, 5.74) is 2.52. The highest BCUT2D eigenvalue weighted by Gasteiger charge is 2.26. The predicted molar refractivity (Wildman–Crippen MR) is 72.8 cm³/mol. The first-order valence-electron chi connectivity index (χ1n) is 6.48. The molecule has 100 valence electrons. The van der Waals surface area contributed by atoms with Gasteiger partial charge in [0.05, 0.1) is 19.3 Å². The SMILES string of the molecule is CNCc1ccccc1N1CC(CO)OCC1C. The van der Waals surface area contributed by atoms with E-state index in [0.29, 0.717) is 12.6 Å². The van der Waals surface area contributed by atoms with E-state index in [1.54, 1.807) is 0 Å². The average Bonchev–Trinajstić information content (AvgIpc) is 2.41. The Morgan fingerprint density at radius 1 is 1.44 bits per heavy atom. The summed E-state index contributed by atoms with van der Waals surface area (Å²) in [6.07, 6.45) is -0.0798. The number of rotatable bonds is 4. The number of ether oxygens (including phenoxy) is 1. The van der Waals surface area contributed by atoms with Gasteiger partial charge in [0, 0.05) is 24.8 Å². The van der Waals surface area contributed by atoms with Crippen LogP contribution in [0.25, 0.3) is 0 Å². The molecule has 0 amide bonds. The van der Waals surface area contributed by atoms with Crippen molar-refractivity contribution in [3.63, 3.8) is 0 Å². The Morgan fingerprint density at radius 2 is 2.22 bits per heavy atom. The van der Waals surface area contributed by atoms with Crippen molar-refractivity contribution in [3.05, 3.63) is 29.8 Å². The molecule has 2 unspecified atom stereocenters. The molecule has 0 aliphatic carbocycles. The number of para-hydroxylation sites is 1. The van der Waals surface area contributed by atoms with Crippen molar-refractivity contribution in [2.45, 2.75) is 25.6 Å². The zero-order valence-corrected chi connectivity index (χ0v) is 11.1. The van der Waals surface area contributed by atoms with E-state index in [2.05, 4.69) is 41.4 Å². The molecule has 1 aliphatic rings. The van der Waals surface area contributed by atoms with Crippen molar-refractivity contribution in [1.82, 2.24) is 5.32 Å². The van der Waals surface area contributed by atoms with E-state index < -0.39 is 0 Å². The maximum atomic E-state index is 9.25. The van der Waals surface area contributed by atoms with Gasteiger partial charge in [-0.1, -0.05) is 18.2 Å². The van der Waals surface area contributed by atoms with Crippen LogP contribution in [0.1, 0.15) is 12.5 Å². The maximum Gasteiger partial charge on any atom is 0.0981 e. The van der Waals surface area contributed by atoms with Crippen LogP contribution in [0.4, 0.5) is 5.69 Å². The van der Waals surface area contributed by atoms with Gasteiger partial charge in [0.15, 0.2) is 0 Å². The summed E-state index contributed by atoms with van der Waals surface area (Å²) in [7, 11) is 1.95. The van der Waals surface area contributed by atoms with Gasteiger partial charge in [-0.2, -0.15) is 0 Å². The number of aliphatic hydroxyl groups is 1. The molecule has 0 radical (unpaired) electrons. The van der Waals surface area contributed by atoms with Gasteiger partial charge in [-0.05, 0) is 25.6 Å². The Bertz CT molecular complexity index is 384. The van der Waals surface area contributed by atoms with Crippen LogP contribution in [-0.4, -0.2) is 44.1 Å². The Morgan fingerprint density at radius 3 is 2.94 bits per heavy atom. The van der Waals surface area contributed by atoms with Crippen LogP contribution in [0.5, 0.6) is 0 Å². The first kappa shape index (κ1) is 13.3. The van der Waals surface area contributed by atoms with Crippen LogP contribution in [0, 0.1) is 0 Å². The van der Waals surface area contributed by atoms with Crippen LogP contribution < -0.4 is 10.2 Å². The quantitative estimate of drug-likeness (QED) is 0.836. The second-order valence-electron chi connectivity index (χ2n) is 4.80. The van der Waals surface area contributed by atoms with Gasteiger partial charge in [-0.15, -0.1) is 0 Å². The number of aliphatic hydroxyl groups excluding tert-OH is 1. The Labute approximate surface area is 109 Å². The number of nitrogens with one attached hydrogen (secondary N) is 1. The maximum absolute atomic E-state index is 9.25. The number of hydrogen-bond donors (Lipinski definition) is 2. The standard InChI is InChI=1S/C14H22N2O2/c1-11-10-18-13(9-17)8-16(11)14-6-4-3-5-12(14)7-15-2/h3-6,11,13,15,17H,7-10H2,1-2H3. The lowest BCUT2D eigenvalue weighted by Crippen LogP contribution is -2.50. The monoisotopic (exact) mass is 250 g/mol. The minimum Gasteiger partial charge on any atom is -0.394 e. The van der Waals surface area contributed by atoms with E-state index >= 15 is 0 Å². The van der Waals surface area contributed by atoms with Crippen molar-refractivity contribution in [2.75, 3.05) is 31.7 Å². The van der Waals surface area contributed by atoms with E-state index in [9.17, 15) is 5.11 Å². The molecule has 1 saturated heterocycles. The molecule has 0 saturated carbocycles. The van der Waals surface area contributed by atoms with E-state index in [4.69, 9.17) is 4.74 Å². The van der Waals surface area contributed by atoms with Crippen molar-refractivity contribution in [2.24, 2.45) is 0 Å². The van der Waals surface area contributed by atoms with Gasteiger partial charge >= 0.3 is 0 Å². The van der Waals surface area contributed by atoms with Crippen LogP contribution in [0.2, 0.25) is 0 Å². The molecule has 1 aromatic carbocycles. The molecule has 1 fully saturated rings. The van der Waals surface area contributed by atoms with E-state index in [-0.39, 0.29) is 12.7 Å². The van der Waals surface area contributed by atoms with Gasteiger partial charge < -0.3 is 20.1 Å². The fraction of sp³-hybridized carbons (Fsp3) is 0.571. The Hall–Kier alpha value is -1.10. The van der Waals surface area contributed by atoms with Gasteiger partial charge in [0.25, 0.3) is 0 Å². The molecular weight excluding hydrogens is 228 g/mol. The third kappa shape index (κ3) is 2.83. The lowest BCUT2D eigenvalue weighted by Gasteiger charge is -2.40. The summed E-state index contributed by atoms with van der Waals surface area (Å²) < 4.78 is 5.58. The molecule has 0 spiro atoms. The highest BCUT2D eigenvalue weighted by molar-refractivity contribution is 5.54. The molecular formula is C14H22N2O2. The fourth-order valence-electron chi connectivity index (χ4n) is 2.39. The molecule has 1 aliphatic heterocycles. The summed E-state index contributed by atoms with van der Waals surface area (Å²) in [5, 5.41) is 12.4. The molecule has 18 heavy (non-hydrogen) atoms. The second-order valence-corrected chi connectivity index (χ2v) is 4.80. The lowest BCUT2D eigenvalue weighted by atomic mass is 10.1. The first-order chi connectivity index (χ1) is 8.76. The molecule has 4 nitrogen and oxygen atoms in total. The summed E-state index contributed by atoms with van der Waals surface area (Å²) in [6.45, 7) is 4.50. The third-order valence-corrected chi connectivity index (χ3v) is 3.38. The molecule has 0 bridgehead atoms. The molecule has 1 aromatic rings.